The zero-order valence-corrected chi connectivity index (χ0v) is 12.2. The smallest absolute Gasteiger partial charge is 0.335 e. The lowest BCUT2D eigenvalue weighted by Gasteiger charge is -2.10. The van der Waals surface area contributed by atoms with Crippen LogP contribution in [0.2, 0.25) is 0 Å². The highest BCUT2D eigenvalue weighted by Crippen LogP contribution is 2.22. The van der Waals surface area contributed by atoms with E-state index in [-0.39, 0.29) is 0 Å². The molecule has 0 spiro atoms. The Morgan fingerprint density at radius 1 is 1.14 bits per heavy atom. The second-order valence-corrected chi connectivity index (χ2v) is 5.20. The van der Waals surface area contributed by atoms with Gasteiger partial charge in [-0.2, -0.15) is 0 Å². The van der Waals surface area contributed by atoms with E-state index in [9.17, 15) is 4.79 Å². The summed E-state index contributed by atoms with van der Waals surface area (Å²) < 4.78 is 2.07. The standard InChI is InChI=1S/C18H16N2O2/c1-13-4-2-3-5-16(13)17-19-10-11-20(17)12-14-6-8-15(9-7-14)18(21)22/h2-11H,12H2,1H3,(H,21,22). The van der Waals surface area contributed by atoms with E-state index in [0.29, 0.717) is 12.1 Å². The van der Waals surface area contributed by atoms with Gasteiger partial charge in [0.05, 0.1) is 5.56 Å². The van der Waals surface area contributed by atoms with Crippen molar-refractivity contribution in [3.8, 4) is 11.4 Å². The summed E-state index contributed by atoms with van der Waals surface area (Å²) in [6.07, 6.45) is 3.72. The van der Waals surface area contributed by atoms with Crippen LogP contribution in [0.1, 0.15) is 21.5 Å². The second kappa shape index (κ2) is 5.85. The Morgan fingerprint density at radius 2 is 1.86 bits per heavy atom. The molecule has 1 heterocycles. The average Bonchev–Trinajstić information content (AvgIpc) is 2.96. The van der Waals surface area contributed by atoms with Gasteiger partial charge in [-0.1, -0.05) is 36.4 Å². The van der Waals surface area contributed by atoms with Crippen LogP contribution in [0.25, 0.3) is 11.4 Å². The number of aryl methyl sites for hydroxylation is 1. The Hall–Kier alpha value is -2.88. The lowest BCUT2D eigenvalue weighted by Crippen LogP contribution is -2.03. The lowest BCUT2D eigenvalue weighted by molar-refractivity contribution is 0.0697. The maximum Gasteiger partial charge on any atom is 0.335 e. The molecule has 0 amide bonds. The van der Waals surface area contributed by atoms with Gasteiger partial charge >= 0.3 is 5.97 Å². The predicted octanol–water partition coefficient (Wildman–Crippen LogP) is 3.61. The van der Waals surface area contributed by atoms with Crippen molar-refractivity contribution in [3.63, 3.8) is 0 Å². The number of aromatic carboxylic acids is 1. The molecule has 0 aliphatic rings. The topological polar surface area (TPSA) is 55.1 Å². The average molecular weight is 292 g/mol. The Kier molecular flexibility index (Phi) is 3.74. The summed E-state index contributed by atoms with van der Waals surface area (Å²) in [6.45, 7) is 2.72. The fourth-order valence-electron chi connectivity index (χ4n) is 2.45. The number of benzene rings is 2. The number of imidazole rings is 1. The number of carboxylic acids is 1. The van der Waals surface area contributed by atoms with Crippen LogP contribution in [-0.2, 0) is 6.54 Å². The highest BCUT2D eigenvalue weighted by Gasteiger charge is 2.09. The van der Waals surface area contributed by atoms with Crippen molar-refractivity contribution < 1.29 is 9.90 Å². The van der Waals surface area contributed by atoms with Crippen molar-refractivity contribution in [2.45, 2.75) is 13.5 Å². The summed E-state index contributed by atoms with van der Waals surface area (Å²) in [4.78, 5) is 15.3. The molecule has 110 valence electrons. The minimum absolute atomic E-state index is 0.300. The number of rotatable bonds is 4. The monoisotopic (exact) mass is 292 g/mol. The zero-order valence-electron chi connectivity index (χ0n) is 12.2. The van der Waals surface area contributed by atoms with Gasteiger partial charge in [-0.15, -0.1) is 0 Å². The molecular formula is C18H16N2O2. The van der Waals surface area contributed by atoms with Gasteiger partial charge in [-0.05, 0) is 30.2 Å². The van der Waals surface area contributed by atoms with Crippen LogP contribution in [0.3, 0.4) is 0 Å². The molecule has 4 nitrogen and oxygen atoms in total. The van der Waals surface area contributed by atoms with Gasteiger partial charge in [-0.3, -0.25) is 0 Å². The van der Waals surface area contributed by atoms with Crippen LogP contribution in [0.4, 0.5) is 0 Å². The number of aromatic nitrogens is 2. The van der Waals surface area contributed by atoms with Crippen LogP contribution in [-0.4, -0.2) is 20.6 Å². The van der Waals surface area contributed by atoms with Crippen molar-refractivity contribution in [1.29, 1.82) is 0 Å². The van der Waals surface area contributed by atoms with E-state index < -0.39 is 5.97 Å². The molecule has 1 N–H and O–H groups in total. The van der Waals surface area contributed by atoms with Gasteiger partial charge in [0, 0.05) is 24.5 Å². The molecule has 1 aromatic heterocycles. The van der Waals surface area contributed by atoms with Gasteiger partial charge in [0.15, 0.2) is 0 Å². The molecule has 3 aromatic rings. The summed E-state index contributed by atoms with van der Waals surface area (Å²) in [5.74, 6) is 0.00944. The molecule has 3 rings (SSSR count). The lowest BCUT2D eigenvalue weighted by atomic mass is 10.1. The number of carboxylic acid groups (broad SMARTS) is 1. The predicted molar refractivity (Wildman–Crippen MR) is 84.9 cm³/mol. The molecule has 0 aliphatic carbocycles. The first kappa shape index (κ1) is 14.1. The quantitative estimate of drug-likeness (QED) is 0.799. The maximum absolute atomic E-state index is 10.9. The molecule has 4 heteroatoms. The van der Waals surface area contributed by atoms with Crippen molar-refractivity contribution in [1.82, 2.24) is 9.55 Å². The normalized spacial score (nSPS) is 10.6. The first-order valence-electron chi connectivity index (χ1n) is 7.04. The van der Waals surface area contributed by atoms with E-state index >= 15 is 0 Å². The van der Waals surface area contributed by atoms with E-state index in [1.807, 2.05) is 30.5 Å². The second-order valence-electron chi connectivity index (χ2n) is 5.20. The third-order valence-corrected chi connectivity index (χ3v) is 3.66. The first-order chi connectivity index (χ1) is 10.6. The molecular weight excluding hydrogens is 276 g/mol. The van der Waals surface area contributed by atoms with E-state index in [1.54, 1.807) is 18.3 Å². The third kappa shape index (κ3) is 2.76. The minimum atomic E-state index is -0.908. The summed E-state index contributed by atoms with van der Waals surface area (Å²) in [7, 11) is 0. The van der Waals surface area contributed by atoms with E-state index in [4.69, 9.17) is 5.11 Å². The van der Waals surface area contributed by atoms with Gasteiger partial charge in [-0.25, -0.2) is 9.78 Å². The van der Waals surface area contributed by atoms with Crippen LogP contribution < -0.4 is 0 Å². The molecule has 0 radical (unpaired) electrons. The Labute approximate surface area is 128 Å². The molecule has 0 saturated heterocycles. The SMILES string of the molecule is Cc1ccccc1-c1nccn1Cc1ccc(C(=O)O)cc1. The summed E-state index contributed by atoms with van der Waals surface area (Å²) >= 11 is 0. The third-order valence-electron chi connectivity index (χ3n) is 3.66. The Morgan fingerprint density at radius 3 is 2.55 bits per heavy atom. The summed E-state index contributed by atoms with van der Waals surface area (Å²) in [5, 5.41) is 8.94. The summed E-state index contributed by atoms with van der Waals surface area (Å²) in [6, 6.07) is 15.1. The van der Waals surface area contributed by atoms with Crippen molar-refractivity contribution in [2.24, 2.45) is 0 Å². The van der Waals surface area contributed by atoms with Gasteiger partial charge in [0.2, 0.25) is 0 Å². The van der Waals surface area contributed by atoms with E-state index in [1.165, 1.54) is 5.56 Å². The molecule has 0 unspecified atom stereocenters. The highest BCUT2D eigenvalue weighted by atomic mass is 16.4. The molecule has 2 aromatic carbocycles. The van der Waals surface area contributed by atoms with E-state index in [2.05, 4.69) is 28.6 Å². The first-order valence-corrected chi connectivity index (χ1v) is 7.04. The molecule has 0 atom stereocenters. The number of hydrogen-bond donors (Lipinski definition) is 1. The van der Waals surface area contributed by atoms with Gasteiger partial charge < -0.3 is 9.67 Å². The molecule has 0 aliphatic heterocycles. The van der Waals surface area contributed by atoms with Crippen LogP contribution >= 0.6 is 0 Å². The van der Waals surface area contributed by atoms with Crippen LogP contribution in [0.15, 0.2) is 60.9 Å². The van der Waals surface area contributed by atoms with E-state index in [0.717, 1.165) is 17.0 Å². The Bertz CT molecular complexity index is 804. The minimum Gasteiger partial charge on any atom is -0.478 e. The molecule has 0 bridgehead atoms. The zero-order chi connectivity index (χ0) is 15.5. The van der Waals surface area contributed by atoms with Crippen LogP contribution in [0, 0.1) is 6.92 Å². The number of nitrogens with zero attached hydrogens (tertiary/aromatic N) is 2. The number of carbonyl (C=O) groups is 1. The summed E-state index contributed by atoms with van der Waals surface area (Å²) in [5.41, 5.74) is 3.62. The van der Waals surface area contributed by atoms with Crippen molar-refractivity contribution >= 4 is 5.97 Å². The van der Waals surface area contributed by atoms with Crippen LogP contribution in [0.5, 0.6) is 0 Å². The number of hydrogen-bond acceptors (Lipinski definition) is 2. The highest BCUT2D eigenvalue weighted by molar-refractivity contribution is 5.87. The molecule has 22 heavy (non-hydrogen) atoms. The fourth-order valence-corrected chi connectivity index (χ4v) is 2.45. The molecule has 0 fully saturated rings. The van der Waals surface area contributed by atoms with Gasteiger partial charge in [0.1, 0.15) is 5.82 Å². The van der Waals surface area contributed by atoms with Crippen molar-refractivity contribution in [3.05, 3.63) is 77.6 Å². The Balaban J connectivity index is 1.90. The largest absolute Gasteiger partial charge is 0.478 e. The van der Waals surface area contributed by atoms with Crippen molar-refractivity contribution in [2.75, 3.05) is 0 Å². The van der Waals surface area contributed by atoms with Gasteiger partial charge in [0.25, 0.3) is 0 Å². The molecule has 0 saturated carbocycles. The maximum atomic E-state index is 10.9. The fraction of sp³-hybridized carbons (Fsp3) is 0.111.